The molecule has 0 aliphatic carbocycles. The Bertz CT molecular complexity index is 830. The van der Waals surface area contributed by atoms with Crippen LogP contribution in [-0.4, -0.2) is 33.2 Å². The summed E-state index contributed by atoms with van der Waals surface area (Å²) in [6, 6.07) is 16.1. The summed E-state index contributed by atoms with van der Waals surface area (Å²) in [6.07, 6.45) is 3.63. The quantitative estimate of drug-likeness (QED) is 0.816. The number of nitrogens with zero attached hydrogens (tertiary/aromatic N) is 1. The third-order valence-corrected chi connectivity index (χ3v) is 5.43. The maximum Gasteiger partial charge on any atom is 0.241 e. The van der Waals surface area contributed by atoms with Crippen LogP contribution < -0.4 is 14.9 Å². The first-order valence-corrected chi connectivity index (χ1v) is 10.4. The van der Waals surface area contributed by atoms with Gasteiger partial charge in [-0.15, -0.1) is 0 Å². The highest BCUT2D eigenvalue weighted by Crippen LogP contribution is 2.22. The van der Waals surface area contributed by atoms with Crippen molar-refractivity contribution in [3.8, 4) is 0 Å². The Hall–Kier alpha value is -2.54. The average Bonchev–Trinajstić information content (AvgIpc) is 2.63. The molecule has 6 nitrogen and oxygen atoms in total. The summed E-state index contributed by atoms with van der Waals surface area (Å²) >= 11 is 0. The van der Waals surface area contributed by atoms with Crippen molar-refractivity contribution in [1.82, 2.24) is 0 Å². The van der Waals surface area contributed by atoms with Gasteiger partial charge >= 0.3 is 0 Å². The first-order valence-electron chi connectivity index (χ1n) is 8.72. The van der Waals surface area contributed by atoms with Gasteiger partial charge in [0.1, 0.15) is 5.75 Å². The number of anilines is 3. The van der Waals surface area contributed by atoms with Gasteiger partial charge in [-0.3, -0.25) is 9.52 Å². The Labute approximate surface area is 154 Å². The van der Waals surface area contributed by atoms with E-state index in [1.165, 1.54) is 19.3 Å². The summed E-state index contributed by atoms with van der Waals surface area (Å²) in [5, 5.41) is 2.57. The smallest absolute Gasteiger partial charge is 0.241 e. The molecule has 2 aromatic rings. The fourth-order valence-corrected chi connectivity index (χ4v) is 3.98. The van der Waals surface area contributed by atoms with Gasteiger partial charge < -0.3 is 10.2 Å². The highest BCUT2D eigenvalue weighted by atomic mass is 32.2. The molecule has 0 aromatic heterocycles. The molecule has 138 valence electrons. The van der Waals surface area contributed by atoms with Gasteiger partial charge in [0, 0.05) is 30.2 Å². The van der Waals surface area contributed by atoms with Crippen molar-refractivity contribution in [3.63, 3.8) is 0 Å². The zero-order valence-corrected chi connectivity index (χ0v) is 15.3. The summed E-state index contributed by atoms with van der Waals surface area (Å²) in [5.41, 5.74) is 2.12. The maximum absolute atomic E-state index is 12.2. The van der Waals surface area contributed by atoms with Gasteiger partial charge in [0.15, 0.2) is 0 Å². The van der Waals surface area contributed by atoms with Gasteiger partial charge in [0.25, 0.3) is 0 Å². The number of para-hydroxylation sites is 1. The Morgan fingerprint density at radius 2 is 1.54 bits per heavy atom. The van der Waals surface area contributed by atoms with E-state index in [0.717, 1.165) is 18.8 Å². The van der Waals surface area contributed by atoms with Crippen molar-refractivity contribution in [1.29, 1.82) is 0 Å². The van der Waals surface area contributed by atoms with Crippen LogP contribution in [0.2, 0.25) is 0 Å². The van der Waals surface area contributed by atoms with Crippen molar-refractivity contribution < 1.29 is 13.2 Å². The molecule has 2 N–H and O–H groups in total. The molecule has 0 radical (unpaired) electrons. The lowest BCUT2D eigenvalue weighted by Gasteiger charge is -2.28. The standard InChI is InChI=1S/C19H23N3O3S/c23-19(20-16-7-3-1-4-8-16)15-26(24,25)21-17-9-11-18(12-10-17)22-13-5-2-6-14-22/h1,3-4,7-12,21H,2,5-6,13-15H2,(H,20,23). The van der Waals surface area contributed by atoms with E-state index >= 15 is 0 Å². The van der Waals surface area contributed by atoms with Crippen LogP contribution >= 0.6 is 0 Å². The van der Waals surface area contributed by atoms with E-state index in [0.29, 0.717) is 11.4 Å². The molecular weight excluding hydrogens is 350 g/mol. The fourth-order valence-electron chi connectivity index (χ4n) is 3.00. The van der Waals surface area contributed by atoms with Crippen LogP contribution in [0.1, 0.15) is 19.3 Å². The van der Waals surface area contributed by atoms with Crippen LogP contribution in [0.3, 0.4) is 0 Å². The first-order chi connectivity index (χ1) is 12.5. The second-order valence-corrected chi connectivity index (χ2v) is 8.09. The van der Waals surface area contributed by atoms with Crippen molar-refractivity contribution in [2.45, 2.75) is 19.3 Å². The topological polar surface area (TPSA) is 78.5 Å². The second kappa shape index (κ2) is 8.23. The van der Waals surface area contributed by atoms with Gasteiger partial charge in [-0.05, 0) is 55.7 Å². The predicted molar refractivity (Wildman–Crippen MR) is 105 cm³/mol. The molecule has 7 heteroatoms. The molecule has 0 saturated carbocycles. The van der Waals surface area contributed by atoms with E-state index in [-0.39, 0.29) is 0 Å². The van der Waals surface area contributed by atoms with Crippen molar-refractivity contribution in [2.75, 3.05) is 33.8 Å². The number of carbonyl (C=O) groups excluding carboxylic acids is 1. The second-order valence-electron chi connectivity index (χ2n) is 6.37. The molecule has 1 aliphatic heterocycles. The Balaban J connectivity index is 1.57. The minimum Gasteiger partial charge on any atom is -0.372 e. The summed E-state index contributed by atoms with van der Waals surface area (Å²) in [5.74, 6) is -1.20. The summed E-state index contributed by atoms with van der Waals surface area (Å²) in [6.45, 7) is 2.06. The Morgan fingerprint density at radius 3 is 2.19 bits per heavy atom. The van der Waals surface area contributed by atoms with Crippen LogP contribution in [0.4, 0.5) is 17.1 Å². The van der Waals surface area contributed by atoms with Gasteiger partial charge in [-0.25, -0.2) is 8.42 Å². The van der Waals surface area contributed by atoms with Crippen molar-refractivity contribution in [3.05, 3.63) is 54.6 Å². The van der Waals surface area contributed by atoms with Crippen LogP contribution in [0, 0.1) is 0 Å². The number of nitrogens with one attached hydrogen (secondary N) is 2. The molecule has 1 aliphatic rings. The molecule has 3 rings (SSSR count). The minimum absolute atomic E-state index is 0.457. The number of hydrogen-bond donors (Lipinski definition) is 2. The lowest BCUT2D eigenvalue weighted by atomic mass is 10.1. The van der Waals surface area contributed by atoms with E-state index in [4.69, 9.17) is 0 Å². The number of carbonyl (C=O) groups is 1. The summed E-state index contributed by atoms with van der Waals surface area (Å²) in [7, 11) is -3.77. The number of benzene rings is 2. The van der Waals surface area contributed by atoms with E-state index in [2.05, 4.69) is 14.9 Å². The van der Waals surface area contributed by atoms with Gasteiger partial charge in [0.05, 0.1) is 0 Å². The van der Waals surface area contributed by atoms with Gasteiger partial charge in [-0.1, -0.05) is 18.2 Å². The zero-order chi connectivity index (χ0) is 18.4. The molecular formula is C19H23N3O3S. The Kier molecular flexibility index (Phi) is 5.78. The van der Waals surface area contributed by atoms with Gasteiger partial charge in [-0.2, -0.15) is 0 Å². The summed E-state index contributed by atoms with van der Waals surface area (Å²) in [4.78, 5) is 14.2. The third-order valence-electron chi connectivity index (χ3n) is 4.24. The normalized spacial score (nSPS) is 14.7. The number of rotatable bonds is 6. The average molecular weight is 373 g/mol. The molecule has 1 amide bonds. The molecule has 1 heterocycles. The lowest BCUT2D eigenvalue weighted by Crippen LogP contribution is -2.29. The van der Waals surface area contributed by atoms with E-state index in [1.807, 2.05) is 18.2 Å². The van der Waals surface area contributed by atoms with Crippen LogP contribution in [-0.2, 0) is 14.8 Å². The lowest BCUT2D eigenvalue weighted by molar-refractivity contribution is -0.113. The van der Waals surface area contributed by atoms with Crippen LogP contribution in [0.25, 0.3) is 0 Å². The highest BCUT2D eigenvalue weighted by Gasteiger charge is 2.17. The predicted octanol–water partition coefficient (Wildman–Crippen LogP) is 3.06. The van der Waals surface area contributed by atoms with Gasteiger partial charge in [0.2, 0.25) is 15.9 Å². The fraction of sp³-hybridized carbons (Fsp3) is 0.316. The number of sulfonamides is 1. The van der Waals surface area contributed by atoms with E-state index in [1.54, 1.807) is 36.4 Å². The maximum atomic E-state index is 12.2. The molecule has 2 aromatic carbocycles. The number of piperidine rings is 1. The molecule has 0 spiro atoms. The monoisotopic (exact) mass is 373 g/mol. The van der Waals surface area contributed by atoms with Crippen LogP contribution in [0.5, 0.6) is 0 Å². The SMILES string of the molecule is O=C(CS(=O)(=O)Nc1ccc(N2CCCCC2)cc1)Nc1ccccc1. The highest BCUT2D eigenvalue weighted by molar-refractivity contribution is 7.93. The molecule has 1 saturated heterocycles. The Morgan fingerprint density at radius 1 is 0.885 bits per heavy atom. The van der Waals surface area contributed by atoms with Crippen LogP contribution in [0.15, 0.2) is 54.6 Å². The molecule has 1 fully saturated rings. The minimum atomic E-state index is -3.77. The number of hydrogen-bond acceptors (Lipinski definition) is 4. The van der Waals surface area contributed by atoms with Crippen molar-refractivity contribution >= 4 is 33.0 Å². The van der Waals surface area contributed by atoms with Crippen molar-refractivity contribution in [2.24, 2.45) is 0 Å². The largest absolute Gasteiger partial charge is 0.372 e. The molecule has 0 bridgehead atoms. The number of amides is 1. The van der Waals surface area contributed by atoms with E-state index in [9.17, 15) is 13.2 Å². The molecule has 0 unspecified atom stereocenters. The third kappa shape index (κ3) is 5.23. The van der Waals surface area contributed by atoms with E-state index < -0.39 is 21.7 Å². The zero-order valence-electron chi connectivity index (χ0n) is 14.5. The molecule has 0 atom stereocenters. The first kappa shape index (κ1) is 18.3. The molecule has 26 heavy (non-hydrogen) atoms. The summed E-state index contributed by atoms with van der Waals surface area (Å²) < 4.78 is 26.9.